The molecule has 1 aromatic carbocycles. The molecule has 5 heteroatoms. The third kappa shape index (κ3) is 1.93. The predicted molar refractivity (Wildman–Crippen MR) is 54.1 cm³/mol. The van der Waals surface area contributed by atoms with E-state index in [1.165, 1.54) is 0 Å². The van der Waals surface area contributed by atoms with Crippen LogP contribution in [-0.2, 0) is 15.6 Å². The molecule has 0 spiro atoms. The van der Waals surface area contributed by atoms with Crippen LogP contribution in [0, 0.1) is 6.26 Å². The van der Waals surface area contributed by atoms with E-state index in [1.807, 2.05) is 6.07 Å². The van der Waals surface area contributed by atoms with E-state index in [0.717, 1.165) is 11.0 Å². The molecule has 14 heavy (non-hydrogen) atoms. The first-order valence-electron chi connectivity index (χ1n) is 4.02. The van der Waals surface area contributed by atoms with Gasteiger partial charge in [-0.2, -0.15) is 0 Å². The normalized spacial score (nSPS) is 12.1. The van der Waals surface area contributed by atoms with Crippen LogP contribution < -0.4 is 0 Å². The minimum atomic E-state index is -3.22. The van der Waals surface area contributed by atoms with E-state index in [1.54, 1.807) is 18.5 Å². The molecule has 4 nitrogen and oxygen atoms in total. The molecule has 1 heterocycles. The zero-order chi connectivity index (χ0) is 10.2. The van der Waals surface area contributed by atoms with Crippen LogP contribution in [0.25, 0.3) is 11.0 Å². The molecule has 0 aliphatic rings. The number of nitrogens with zero attached hydrogens (tertiary/aromatic N) is 1. The van der Waals surface area contributed by atoms with Crippen molar-refractivity contribution < 1.29 is 8.42 Å². The Morgan fingerprint density at radius 3 is 2.93 bits per heavy atom. The van der Waals surface area contributed by atoms with E-state index in [2.05, 4.69) is 16.2 Å². The Morgan fingerprint density at radius 2 is 2.21 bits per heavy atom. The Labute approximate surface area is 81.9 Å². The van der Waals surface area contributed by atoms with Crippen LogP contribution in [0.3, 0.4) is 0 Å². The van der Waals surface area contributed by atoms with Gasteiger partial charge in [-0.15, -0.1) is 0 Å². The van der Waals surface area contributed by atoms with Gasteiger partial charge in [-0.25, -0.2) is 13.4 Å². The molecule has 0 aliphatic carbocycles. The Balaban J connectivity index is 2.44. The number of rotatable bonds is 2. The third-order valence-electron chi connectivity index (χ3n) is 1.87. The molecule has 1 N–H and O–H groups in total. The Kier molecular flexibility index (Phi) is 2.03. The van der Waals surface area contributed by atoms with Crippen LogP contribution in [-0.4, -0.2) is 18.4 Å². The maximum absolute atomic E-state index is 10.9. The Hall–Kier alpha value is -1.36. The number of sulfone groups is 1. The van der Waals surface area contributed by atoms with E-state index in [4.69, 9.17) is 0 Å². The molecule has 0 saturated heterocycles. The minimum Gasteiger partial charge on any atom is -0.345 e. The summed E-state index contributed by atoms with van der Waals surface area (Å²) in [6, 6.07) is 5.31. The highest BCUT2D eigenvalue weighted by Crippen LogP contribution is 2.13. The Morgan fingerprint density at radius 1 is 1.43 bits per heavy atom. The van der Waals surface area contributed by atoms with Gasteiger partial charge in [0.15, 0.2) is 9.84 Å². The summed E-state index contributed by atoms with van der Waals surface area (Å²) >= 11 is 0. The summed E-state index contributed by atoms with van der Waals surface area (Å²) in [5, 5.41) is 0. The van der Waals surface area contributed by atoms with Gasteiger partial charge in [0.05, 0.1) is 29.4 Å². The smallest absolute Gasteiger partial charge is 0.155 e. The standard InChI is InChI=1S/C9H9N2O2S/c1-14(12,13)5-7-2-3-8-9(4-7)11-6-10-8/h2-4,6H,1,5H2,(H,10,11). The highest BCUT2D eigenvalue weighted by molar-refractivity contribution is 7.91. The number of hydrogen-bond donors (Lipinski definition) is 1. The van der Waals surface area contributed by atoms with Crippen molar-refractivity contribution in [3.63, 3.8) is 0 Å². The molecule has 0 bridgehead atoms. The number of H-pyrrole nitrogens is 1. The monoisotopic (exact) mass is 209 g/mol. The molecule has 0 saturated carbocycles. The second-order valence-electron chi connectivity index (χ2n) is 3.14. The first-order chi connectivity index (χ1) is 6.54. The molecule has 0 aliphatic heterocycles. The minimum absolute atomic E-state index is 0.0458. The van der Waals surface area contributed by atoms with Crippen molar-refractivity contribution in [3.05, 3.63) is 36.3 Å². The second kappa shape index (κ2) is 3.09. The number of fused-ring (bicyclic) bond motifs is 1. The van der Waals surface area contributed by atoms with Crippen molar-refractivity contribution in [3.8, 4) is 0 Å². The van der Waals surface area contributed by atoms with E-state index >= 15 is 0 Å². The third-order valence-corrected chi connectivity index (χ3v) is 2.65. The van der Waals surface area contributed by atoms with Crippen LogP contribution in [0.5, 0.6) is 0 Å². The van der Waals surface area contributed by atoms with Gasteiger partial charge in [-0.3, -0.25) is 0 Å². The molecule has 1 radical (unpaired) electrons. The number of benzene rings is 1. The average Bonchev–Trinajstić information content (AvgIpc) is 2.47. The first-order valence-corrected chi connectivity index (χ1v) is 5.84. The molecule has 0 fully saturated rings. The van der Waals surface area contributed by atoms with Crippen LogP contribution >= 0.6 is 0 Å². The molecule has 0 atom stereocenters. The molecule has 0 amide bonds. The average molecular weight is 209 g/mol. The van der Waals surface area contributed by atoms with Gasteiger partial charge in [0.2, 0.25) is 0 Å². The van der Waals surface area contributed by atoms with Crippen molar-refractivity contribution in [1.29, 1.82) is 0 Å². The van der Waals surface area contributed by atoms with Gasteiger partial charge >= 0.3 is 0 Å². The summed E-state index contributed by atoms with van der Waals surface area (Å²) < 4.78 is 21.9. The number of aromatic amines is 1. The summed E-state index contributed by atoms with van der Waals surface area (Å²) in [4.78, 5) is 6.97. The van der Waals surface area contributed by atoms with Gasteiger partial charge in [-0.05, 0) is 17.7 Å². The summed E-state index contributed by atoms with van der Waals surface area (Å²) in [5.74, 6) is -0.0458. The van der Waals surface area contributed by atoms with Crippen LogP contribution in [0.15, 0.2) is 24.5 Å². The van der Waals surface area contributed by atoms with E-state index in [0.29, 0.717) is 5.56 Å². The summed E-state index contributed by atoms with van der Waals surface area (Å²) in [6.07, 6.45) is 4.65. The fourth-order valence-electron chi connectivity index (χ4n) is 1.32. The van der Waals surface area contributed by atoms with Crippen molar-refractivity contribution in [2.45, 2.75) is 5.75 Å². The number of hydrogen-bond acceptors (Lipinski definition) is 3. The number of aromatic nitrogens is 2. The maximum Gasteiger partial charge on any atom is 0.155 e. The van der Waals surface area contributed by atoms with E-state index < -0.39 is 9.84 Å². The predicted octanol–water partition coefficient (Wildman–Crippen LogP) is 1.27. The van der Waals surface area contributed by atoms with Gasteiger partial charge in [0, 0.05) is 0 Å². The number of imidazole rings is 1. The second-order valence-corrected chi connectivity index (χ2v) is 4.92. The summed E-state index contributed by atoms with van der Waals surface area (Å²) in [6.45, 7) is 0. The van der Waals surface area contributed by atoms with Crippen LogP contribution in [0.4, 0.5) is 0 Å². The molecule has 2 aromatic rings. The van der Waals surface area contributed by atoms with Gasteiger partial charge in [0.1, 0.15) is 0 Å². The van der Waals surface area contributed by atoms with E-state index in [9.17, 15) is 8.42 Å². The van der Waals surface area contributed by atoms with Gasteiger partial charge in [-0.1, -0.05) is 6.07 Å². The fourth-order valence-corrected chi connectivity index (χ4v) is 2.01. The SMILES string of the molecule is [CH2]S(=O)(=O)Cc1ccc2[nH]cnc2c1. The first kappa shape index (κ1) is 9.21. The van der Waals surface area contributed by atoms with Crippen molar-refractivity contribution >= 4 is 20.9 Å². The number of nitrogens with one attached hydrogen (secondary N) is 1. The lowest BCUT2D eigenvalue weighted by atomic mass is 10.2. The van der Waals surface area contributed by atoms with Crippen molar-refractivity contribution in [1.82, 2.24) is 9.97 Å². The van der Waals surface area contributed by atoms with Gasteiger partial charge in [0.25, 0.3) is 0 Å². The topological polar surface area (TPSA) is 62.8 Å². The Bertz CT molecular complexity index is 557. The molecule has 1 aromatic heterocycles. The molecule has 73 valence electrons. The maximum atomic E-state index is 10.9. The lowest BCUT2D eigenvalue weighted by molar-refractivity contribution is 0.603. The fraction of sp³-hybridized carbons (Fsp3) is 0.111. The van der Waals surface area contributed by atoms with Gasteiger partial charge < -0.3 is 4.98 Å². The molecular formula is C9H9N2O2S. The highest BCUT2D eigenvalue weighted by atomic mass is 32.2. The quantitative estimate of drug-likeness (QED) is 0.810. The largest absolute Gasteiger partial charge is 0.345 e. The van der Waals surface area contributed by atoms with Crippen molar-refractivity contribution in [2.75, 3.05) is 0 Å². The molecule has 2 rings (SSSR count). The lowest BCUT2D eigenvalue weighted by Gasteiger charge is -1.98. The summed E-state index contributed by atoms with van der Waals surface area (Å²) in [7, 11) is -3.22. The zero-order valence-electron chi connectivity index (χ0n) is 7.40. The van der Waals surface area contributed by atoms with E-state index in [-0.39, 0.29) is 5.75 Å². The van der Waals surface area contributed by atoms with Crippen LogP contribution in [0.2, 0.25) is 0 Å². The van der Waals surface area contributed by atoms with Crippen LogP contribution in [0.1, 0.15) is 5.56 Å². The lowest BCUT2D eigenvalue weighted by Crippen LogP contribution is -1.97. The molecular weight excluding hydrogens is 200 g/mol. The highest BCUT2D eigenvalue weighted by Gasteiger charge is 2.05. The zero-order valence-corrected chi connectivity index (χ0v) is 8.21. The summed E-state index contributed by atoms with van der Waals surface area (Å²) in [5.41, 5.74) is 2.38. The molecule has 0 unspecified atom stereocenters. The van der Waals surface area contributed by atoms with Crippen molar-refractivity contribution in [2.24, 2.45) is 0 Å².